The van der Waals surface area contributed by atoms with Gasteiger partial charge in [0.2, 0.25) is 0 Å². The Kier molecular flexibility index (Phi) is 1.92. The molecule has 0 heterocycles. The molecule has 0 radical (unpaired) electrons. The number of rotatable bonds is 0. The number of fused-ring (bicyclic) bond motifs is 1. The van der Waals surface area contributed by atoms with E-state index in [4.69, 9.17) is 0 Å². The zero-order valence-corrected chi connectivity index (χ0v) is 8.25. The molecule has 1 N–H and O–H groups in total. The first-order chi connectivity index (χ1) is 6.12. The van der Waals surface area contributed by atoms with Crippen molar-refractivity contribution < 1.29 is 5.11 Å². The van der Waals surface area contributed by atoms with Crippen LogP contribution in [0.15, 0.2) is 24.3 Å². The van der Waals surface area contributed by atoms with E-state index in [-0.39, 0.29) is 11.5 Å². The van der Waals surface area contributed by atoms with E-state index in [1.807, 2.05) is 0 Å². The summed E-state index contributed by atoms with van der Waals surface area (Å²) in [4.78, 5) is 0. The fraction of sp³-hybridized carbons (Fsp3) is 0.500. The highest BCUT2D eigenvalue weighted by atomic mass is 16.3. The summed E-state index contributed by atoms with van der Waals surface area (Å²) in [5, 5.41) is 9.88. The van der Waals surface area contributed by atoms with Crippen molar-refractivity contribution in [1.82, 2.24) is 0 Å². The second kappa shape index (κ2) is 2.85. The van der Waals surface area contributed by atoms with Crippen LogP contribution in [0, 0.1) is 0 Å². The summed E-state index contributed by atoms with van der Waals surface area (Å²) in [7, 11) is 0. The zero-order chi connectivity index (χ0) is 9.47. The number of aliphatic hydroxyl groups is 1. The number of hydrogen-bond acceptors (Lipinski definition) is 1. The molecule has 1 aromatic carbocycles. The third-order valence-corrected chi connectivity index (χ3v) is 3.23. The highest BCUT2D eigenvalue weighted by molar-refractivity contribution is 5.36. The molecule has 1 aliphatic carbocycles. The van der Waals surface area contributed by atoms with Gasteiger partial charge in [0.05, 0.1) is 6.10 Å². The minimum atomic E-state index is -0.192. The molecular formula is C12H16O. The molecule has 1 heteroatoms. The van der Waals surface area contributed by atoms with Gasteiger partial charge in [-0.15, -0.1) is 0 Å². The highest BCUT2D eigenvalue weighted by Crippen LogP contribution is 2.36. The maximum atomic E-state index is 9.88. The number of benzene rings is 1. The van der Waals surface area contributed by atoms with E-state index in [2.05, 4.69) is 38.1 Å². The highest BCUT2D eigenvalue weighted by Gasteiger charge is 2.34. The van der Waals surface area contributed by atoms with Crippen LogP contribution in [0.25, 0.3) is 0 Å². The topological polar surface area (TPSA) is 20.2 Å². The third-order valence-electron chi connectivity index (χ3n) is 3.23. The van der Waals surface area contributed by atoms with Crippen molar-refractivity contribution in [1.29, 1.82) is 0 Å². The Morgan fingerprint density at radius 1 is 1.31 bits per heavy atom. The van der Waals surface area contributed by atoms with Crippen molar-refractivity contribution in [2.24, 2.45) is 0 Å². The van der Waals surface area contributed by atoms with E-state index >= 15 is 0 Å². The minimum absolute atomic E-state index is 0.0746. The van der Waals surface area contributed by atoms with Crippen LogP contribution in [0.1, 0.15) is 31.4 Å². The van der Waals surface area contributed by atoms with E-state index in [1.165, 1.54) is 11.1 Å². The predicted molar refractivity (Wildman–Crippen MR) is 53.8 cm³/mol. The molecule has 0 spiro atoms. The summed E-state index contributed by atoms with van der Waals surface area (Å²) in [5.41, 5.74) is 2.64. The van der Waals surface area contributed by atoms with Crippen LogP contribution in [-0.4, -0.2) is 11.2 Å². The molecule has 2 rings (SSSR count). The minimum Gasteiger partial charge on any atom is -0.392 e. The largest absolute Gasteiger partial charge is 0.392 e. The number of aryl methyl sites for hydroxylation is 1. The second-order valence-corrected chi connectivity index (χ2v) is 4.43. The lowest BCUT2D eigenvalue weighted by molar-refractivity contribution is 0.0831. The molecule has 1 aliphatic rings. The average molecular weight is 176 g/mol. The number of aliphatic hydroxyl groups excluding tert-OH is 1. The third kappa shape index (κ3) is 1.28. The first kappa shape index (κ1) is 8.76. The summed E-state index contributed by atoms with van der Waals surface area (Å²) in [5.74, 6) is 0. The lowest BCUT2D eigenvalue weighted by Crippen LogP contribution is -2.38. The Morgan fingerprint density at radius 3 is 2.77 bits per heavy atom. The smallest absolute Gasteiger partial charge is 0.0634 e. The quantitative estimate of drug-likeness (QED) is 0.643. The maximum Gasteiger partial charge on any atom is 0.0634 e. The van der Waals surface area contributed by atoms with Gasteiger partial charge in [0, 0.05) is 5.41 Å². The summed E-state index contributed by atoms with van der Waals surface area (Å²) >= 11 is 0. The van der Waals surface area contributed by atoms with Gasteiger partial charge < -0.3 is 5.11 Å². The van der Waals surface area contributed by atoms with Crippen molar-refractivity contribution in [2.75, 3.05) is 0 Å². The Balaban J connectivity index is 2.52. The van der Waals surface area contributed by atoms with Crippen molar-refractivity contribution in [3.63, 3.8) is 0 Å². The fourth-order valence-electron chi connectivity index (χ4n) is 2.20. The van der Waals surface area contributed by atoms with Crippen molar-refractivity contribution in [2.45, 2.75) is 38.2 Å². The van der Waals surface area contributed by atoms with Gasteiger partial charge >= 0.3 is 0 Å². The van der Waals surface area contributed by atoms with Crippen LogP contribution in [-0.2, 0) is 11.8 Å². The fourth-order valence-corrected chi connectivity index (χ4v) is 2.20. The molecule has 0 saturated heterocycles. The van der Waals surface area contributed by atoms with Crippen molar-refractivity contribution in [3.05, 3.63) is 35.4 Å². The van der Waals surface area contributed by atoms with E-state index in [1.54, 1.807) is 0 Å². The molecule has 0 saturated carbocycles. The Hall–Kier alpha value is -0.820. The van der Waals surface area contributed by atoms with Crippen LogP contribution < -0.4 is 0 Å². The van der Waals surface area contributed by atoms with Gasteiger partial charge in [0.25, 0.3) is 0 Å². The Morgan fingerprint density at radius 2 is 2.00 bits per heavy atom. The van der Waals surface area contributed by atoms with Crippen LogP contribution >= 0.6 is 0 Å². The Labute approximate surface area is 79.4 Å². The molecule has 0 bridgehead atoms. The first-order valence-corrected chi connectivity index (χ1v) is 4.89. The first-order valence-electron chi connectivity index (χ1n) is 4.89. The molecule has 0 aliphatic heterocycles. The molecule has 0 amide bonds. The molecular weight excluding hydrogens is 160 g/mol. The standard InChI is InChI=1S/C12H16O/c1-12(2)10-6-4-3-5-9(10)7-8-11(12)13/h3-6,11,13H,7-8H2,1-2H3/t11-/m1/s1. The summed E-state index contributed by atoms with van der Waals surface area (Å²) in [6.07, 6.45) is 1.72. The average Bonchev–Trinajstić information content (AvgIpc) is 2.13. The SMILES string of the molecule is CC1(C)c2ccccc2CC[C@H]1O. The van der Waals surface area contributed by atoms with Gasteiger partial charge in [-0.05, 0) is 24.0 Å². The zero-order valence-electron chi connectivity index (χ0n) is 8.25. The summed E-state index contributed by atoms with van der Waals surface area (Å²) < 4.78 is 0. The van der Waals surface area contributed by atoms with Gasteiger partial charge in [-0.2, -0.15) is 0 Å². The van der Waals surface area contributed by atoms with Crippen molar-refractivity contribution in [3.8, 4) is 0 Å². The molecule has 0 unspecified atom stereocenters. The van der Waals surface area contributed by atoms with Crippen LogP contribution in [0.4, 0.5) is 0 Å². The van der Waals surface area contributed by atoms with E-state index in [9.17, 15) is 5.11 Å². The normalized spacial score (nSPS) is 25.3. The van der Waals surface area contributed by atoms with Crippen LogP contribution in [0.2, 0.25) is 0 Å². The predicted octanol–water partition coefficient (Wildman–Crippen LogP) is 2.27. The van der Waals surface area contributed by atoms with E-state index in [0.29, 0.717) is 0 Å². The van der Waals surface area contributed by atoms with E-state index in [0.717, 1.165) is 12.8 Å². The van der Waals surface area contributed by atoms with Gasteiger partial charge in [-0.3, -0.25) is 0 Å². The van der Waals surface area contributed by atoms with Gasteiger partial charge in [0.15, 0.2) is 0 Å². The molecule has 70 valence electrons. The van der Waals surface area contributed by atoms with Crippen LogP contribution in [0.3, 0.4) is 0 Å². The summed E-state index contributed by atoms with van der Waals surface area (Å²) in [6, 6.07) is 8.44. The monoisotopic (exact) mass is 176 g/mol. The lowest BCUT2D eigenvalue weighted by Gasteiger charge is -2.37. The maximum absolute atomic E-state index is 9.88. The second-order valence-electron chi connectivity index (χ2n) is 4.43. The van der Waals surface area contributed by atoms with E-state index < -0.39 is 0 Å². The summed E-state index contributed by atoms with van der Waals surface area (Å²) in [6.45, 7) is 4.24. The van der Waals surface area contributed by atoms with Crippen LogP contribution in [0.5, 0.6) is 0 Å². The molecule has 1 nitrogen and oxygen atoms in total. The van der Waals surface area contributed by atoms with Gasteiger partial charge in [-0.25, -0.2) is 0 Å². The number of hydrogen-bond donors (Lipinski definition) is 1. The molecule has 13 heavy (non-hydrogen) atoms. The molecule has 1 atom stereocenters. The van der Waals surface area contributed by atoms with Gasteiger partial charge in [0.1, 0.15) is 0 Å². The van der Waals surface area contributed by atoms with Crippen molar-refractivity contribution >= 4 is 0 Å². The lowest BCUT2D eigenvalue weighted by atomic mass is 9.71. The molecule has 0 fully saturated rings. The molecule has 0 aromatic heterocycles. The van der Waals surface area contributed by atoms with Gasteiger partial charge in [-0.1, -0.05) is 38.1 Å². The Bertz CT molecular complexity index is 315. The molecule has 1 aromatic rings.